The maximum absolute atomic E-state index is 11.1. The molecule has 26 heavy (non-hydrogen) atoms. The Hall–Kier alpha value is -1.83. The number of carbonyl (C=O) groups is 1. The van der Waals surface area contributed by atoms with E-state index in [4.69, 9.17) is 15.6 Å². The summed E-state index contributed by atoms with van der Waals surface area (Å²) in [6.45, 7) is 4.11. The van der Waals surface area contributed by atoms with Gasteiger partial charge in [-0.2, -0.15) is 0 Å². The van der Waals surface area contributed by atoms with Crippen LogP contribution in [0.25, 0.3) is 0 Å². The summed E-state index contributed by atoms with van der Waals surface area (Å²) < 4.78 is 6.11. The van der Waals surface area contributed by atoms with Crippen molar-refractivity contribution in [3.63, 3.8) is 0 Å². The molecular formula is C19H23NO4S2. The molecule has 1 atom stereocenters. The molecule has 0 spiro atoms. The molecule has 0 saturated heterocycles. The average molecular weight is 394 g/mol. The van der Waals surface area contributed by atoms with Gasteiger partial charge in [-0.25, -0.2) is 0 Å². The third-order valence-corrected chi connectivity index (χ3v) is 5.32. The van der Waals surface area contributed by atoms with E-state index in [1.807, 2.05) is 12.1 Å². The minimum Gasteiger partial charge on any atom is -0.508 e. The first kappa shape index (κ1) is 20.5. The van der Waals surface area contributed by atoms with Gasteiger partial charge in [0.1, 0.15) is 17.5 Å². The number of phenols is 1. The predicted octanol–water partition coefficient (Wildman–Crippen LogP) is 4.36. The lowest BCUT2D eigenvalue weighted by Crippen LogP contribution is -2.32. The second kappa shape index (κ2) is 9.75. The molecule has 5 nitrogen and oxygen atoms in total. The third kappa shape index (κ3) is 5.59. The quantitative estimate of drug-likeness (QED) is 0.545. The Morgan fingerprint density at radius 1 is 1.12 bits per heavy atom. The van der Waals surface area contributed by atoms with Gasteiger partial charge in [-0.15, -0.1) is 23.5 Å². The maximum atomic E-state index is 11.1. The Balaban J connectivity index is 2.42. The normalized spacial score (nSPS) is 12.0. The first-order chi connectivity index (χ1) is 12.4. The van der Waals surface area contributed by atoms with Crippen LogP contribution in [-0.4, -0.2) is 33.7 Å². The zero-order valence-electron chi connectivity index (χ0n) is 14.8. The van der Waals surface area contributed by atoms with Gasteiger partial charge >= 0.3 is 5.97 Å². The highest BCUT2D eigenvalue weighted by Gasteiger charge is 2.18. The van der Waals surface area contributed by atoms with Gasteiger partial charge in [0.05, 0.1) is 9.79 Å². The van der Waals surface area contributed by atoms with Crippen molar-refractivity contribution in [2.75, 3.05) is 11.5 Å². The standard InChI is InChI=1S/C19H23NO4S2/c1-3-25-16-10-12(9-15(20)19(22)23)11-17(26-4-2)18(16)24-14-7-5-13(21)6-8-14/h5-8,10-11,15,21H,3-4,9,20H2,1-2H3,(H,22,23)/t15-/m0/s1. The zero-order chi connectivity index (χ0) is 19.1. The number of benzene rings is 2. The summed E-state index contributed by atoms with van der Waals surface area (Å²) >= 11 is 3.28. The van der Waals surface area contributed by atoms with E-state index < -0.39 is 12.0 Å². The molecule has 0 aromatic heterocycles. The highest BCUT2D eigenvalue weighted by Crippen LogP contribution is 2.42. The van der Waals surface area contributed by atoms with E-state index in [-0.39, 0.29) is 12.2 Å². The van der Waals surface area contributed by atoms with Crippen molar-refractivity contribution in [3.8, 4) is 17.2 Å². The number of thioether (sulfide) groups is 2. The van der Waals surface area contributed by atoms with Gasteiger partial charge in [0, 0.05) is 0 Å². The van der Waals surface area contributed by atoms with Crippen molar-refractivity contribution >= 4 is 29.5 Å². The summed E-state index contributed by atoms with van der Waals surface area (Å²) in [4.78, 5) is 13.0. The van der Waals surface area contributed by atoms with Gasteiger partial charge in [-0.1, -0.05) is 13.8 Å². The number of hydrogen-bond donors (Lipinski definition) is 3. The van der Waals surface area contributed by atoms with Gasteiger partial charge in [0.15, 0.2) is 5.75 Å². The van der Waals surface area contributed by atoms with Crippen LogP contribution >= 0.6 is 23.5 Å². The molecule has 140 valence electrons. The highest BCUT2D eigenvalue weighted by atomic mass is 32.2. The molecular weight excluding hydrogens is 370 g/mol. The Morgan fingerprint density at radius 3 is 2.12 bits per heavy atom. The van der Waals surface area contributed by atoms with E-state index in [0.717, 1.165) is 32.6 Å². The van der Waals surface area contributed by atoms with Crippen molar-refractivity contribution in [1.82, 2.24) is 0 Å². The number of carboxylic acid groups (broad SMARTS) is 1. The van der Waals surface area contributed by atoms with Gasteiger partial charge in [0.2, 0.25) is 0 Å². The van der Waals surface area contributed by atoms with Crippen LogP contribution in [0.3, 0.4) is 0 Å². The number of hydrogen-bond acceptors (Lipinski definition) is 6. The zero-order valence-corrected chi connectivity index (χ0v) is 16.4. The van der Waals surface area contributed by atoms with Crippen LogP contribution in [0.1, 0.15) is 19.4 Å². The molecule has 2 aromatic carbocycles. The van der Waals surface area contributed by atoms with Crippen molar-refractivity contribution in [2.24, 2.45) is 5.73 Å². The molecule has 0 radical (unpaired) electrons. The van der Waals surface area contributed by atoms with Crippen LogP contribution in [0, 0.1) is 0 Å². The lowest BCUT2D eigenvalue weighted by atomic mass is 10.1. The van der Waals surface area contributed by atoms with Crippen molar-refractivity contribution in [2.45, 2.75) is 36.1 Å². The lowest BCUT2D eigenvalue weighted by Gasteiger charge is -2.17. The number of nitrogens with two attached hydrogens (primary N) is 1. The fourth-order valence-electron chi connectivity index (χ4n) is 2.35. The molecule has 2 aromatic rings. The number of phenolic OH excluding ortho intramolecular Hbond substituents is 1. The summed E-state index contributed by atoms with van der Waals surface area (Å²) in [6.07, 6.45) is 0.267. The van der Waals surface area contributed by atoms with Crippen molar-refractivity contribution in [1.29, 1.82) is 0 Å². The molecule has 7 heteroatoms. The molecule has 0 saturated carbocycles. The Bertz CT molecular complexity index is 723. The minimum absolute atomic E-state index is 0.182. The number of ether oxygens (including phenoxy) is 1. The van der Waals surface area contributed by atoms with Gasteiger partial charge in [-0.05, 0) is 59.9 Å². The largest absolute Gasteiger partial charge is 0.508 e. The van der Waals surface area contributed by atoms with Gasteiger partial charge in [-0.3, -0.25) is 4.79 Å². The van der Waals surface area contributed by atoms with Crippen LogP contribution < -0.4 is 10.5 Å². The summed E-state index contributed by atoms with van der Waals surface area (Å²) in [6, 6.07) is 9.55. The molecule has 0 aliphatic heterocycles. The fraction of sp³-hybridized carbons (Fsp3) is 0.316. The van der Waals surface area contributed by atoms with E-state index in [9.17, 15) is 9.90 Å². The number of aromatic hydroxyl groups is 1. The molecule has 0 fully saturated rings. The molecule has 4 N–H and O–H groups in total. The van der Waals surface area contributed by atoms with Crippen LogP contribution in [0.15, 0.2) is 46.2 Å². The van der Waals surface area contributed by atoms with E-state index in [1.165, 1.54) is 0 Å². The van der Waals surface area contributed by atoms with E-state index in [2.05, 4.69) is 13.8 Å². The predicted molar refractivity (Wildman–Crippen MR) is 107 cm³/mol. The molecule has 0 bridgehead atoms. The Kier molecular flexibility index (Phi) is 7.68. The van der Waals surface area contributed by atoms with Crippen molar-refractivity contribution < 1.29 is 19.7 Å². The first-order valence-corrected chi connectivity index (χ1v) is 10.3. The summed E-state index contributed by atoms with van der Waals surface area (Å²) in [5, 5.41) is 18.5. The topological polar surface area (TPSA) is 92.8 Å². The van der Waals surface area contributed by atoms with Crippen LogP contribution in [0.4, 0.5) is 0 Å². The summed E-state index contributed by atoms with van der Waals surface area (Å²) in [7, 11) is 0. The van der Waals surface area contributed by atoms with Crippen molar-refractivity contribution in [3.05, 3.63) is 42.0 Å². The second-order valence-corrected chi connectivity index (χ2v) is 8.14. The fourth-order valence-corrected chi connectivity index (χ4v) is 4.07. The smallest absolute Gasteiger partial charge is 0.320 e. The Morgan fingerprint density at radius 2 is 1.65 bits per heavy atom. The van der Waals surface area contributed by atoms with E-state index >= 15 is 0 Å². The Labute approximate surface area is 161 Å². The molecule has 0 aliphatic carbocycles. The van der Waals surface area contributed by atoms with E-state index in [1.54, 1.807) is 47.8 Å². The second-order valence-electron chi connectivity index (χ2n) is 5.53. The lowest BCUT2D eigenvalue weighted by molar-refractivity contribution is -0.138. The minimum atomic E-state index is -1.01. The molecule has 2 rings (SSSR count). The average Bonchev–Trinajstić information content (AvgIpc) is 2.60. The number of aliphatic carboxylic acids is 1. The summed E-state index contributed by atoms with van der Waals surface area (Å²) in [5.74, 6) is 2.27. The number of rotatable bonds is 9. The highest BCUT2D eigenvalue weighted by molar-refractivity contribution is 8.00. The van der Waals surface area contributed by atoms with Gasteiger partial charge in [0.25, 0.3) is 0 Å². The third-order valence-electron chi connectivity index (χ3n) is 3.51. The first-order valence-electron chi connectivity index (χ1n) is 8.32. The summed E-state index contributed by atoms with van der Waals surface area (Å²) in [5.41, 5.74) is 6.58. The monoisotopic (exact) mass is 393 g/mol. The van der Waals surface area contributed by atoms with Crippen LogP contribution in [-0.2, 0) is 11.2 Å². The van der Waals surface area contributed by atoms with Crippen LogP contribution in [0.5, 0.6) is 17.2 Å². The molecule has 0 unspecified atom stereocenters. The SMILES string of the molecule is CCSc1cc(C[C@H](N)C(=O)O)cc(SCC)c1Oc1ccc(O)cc1. The molecule has 0 amide bonds. The van der Waals surface area contributed by atoms with E-state index in [0.29, 0.717) is 5.75 Å². The molecule has 0 aliphatic rings. The van der Waals surface area contributed by atoms with Gasteiger partial charge < -0.3 is 20.7 Å². The van der Waals surface area contributed by atoms with Crippen LogP contribution in [0.2, 0.25) is 0 Å². The number of carboxylic acids is 1. The maximum Gasteiger partial charge on any atom is 0.320 e. The molecule has 0 heterocycles.